The van der Waals surface area contributed by atoms with E-state index in [1.807, 2.05) is 0 Å². The number of likely N-dealkylation sites (tertiary alicyclic amines) is 1. The summed E-state index contributed by atoms with van der Waals surface area (Å²) in [6, 6.07) is 5.61. The Morgan fingerprint density at radius 3 is 2.95 bits per heavy atom. The van der Waals surface area contributed by atoms with E-state index in [0.717, 1.165) is 19.6 Å². The lowest BCUT2D eigenvalue weighted by Gasteiger charge is -2.36. The van der Waals surface area contributed by atoms with Crippen LogP contribution in [0.3, 0.4) is 0 Å². The number of hydrogen-bond acceptors (Lipinski definition) is 2. The van der Waals surface area contributed by atoms with Crippen molar-refractivity contribution in [3.8, 4) is 0 Å². The molecule has 0 bridgehead atoms. The Morgan fingerprint density at radius 1 is 1.30 bits per heavy atom. The third kappa shape index (κ3) is 3.16. The molecule has 2 aliphatic heterocycles. The lowest BCUT2D eigenvalue weighted by molar-refractivity contribution is 0.144. The average Bonchev–Trinajstić information content (AvgIpc) is 2.98. The van der Waals surface area contributed by atoms with Crippen molar-refractivity contribution in [2.24, 2.45) is 5.92 Å². The van der Waals surface area contributed by atoms with E-state index in [4.69, 9.17) is 11.6 Å². The summed E-state index contributed by atoms with van der Waals surface area (Å²) in [4.78, 5) is 2.36. The van der Waals surface area contributed by atoms with Crippen LogP contribution in [0.5, 0.6) is 0 Å². The van der Waals surface area contributed by atoms with Gasteiger partial charge in [-0.2, -0.15) is 0 Å². The second kappa shape index (κ2) is 6.42. The molecule has 2 aliphatic rings. The maximum Gasteiger partial charge on any atom is 0.129 e. The highest BCUT2D eigenvalue weighted by Gasteiger charge is 2.29. The van der Waals surface area contributed by atoms with Gasteiger partial charge in [-0.1, -0.05) is 17.7 Å². The summed E-state index contributed by atoms with van der Waals surface area (Å²) in [6.45, 7) is 3.89. The van der Waals surface area contributed by atoms with Crippen LogP contribution < -0.4 is 5.32 Å². The lowest BCUT2D eigenvalue weighted by Crippen LogP contribution is -2.43. The molecule has 2 atom stereocenters. The summed E-state index contributed by atoms with van der Waals surface area (Å²) in [5.74, 6) is 0.524. The molecule has 3 rings (SSSR count). The third-order valence-electron chi connectivity index (χ3n) is 4.65. The minimum atomic E-state index is -0.182. The molecule has 1 aromatic carbocycles. The predicted molar refractivity (Wildman–Crippen MR) is 80.4 cm³/mol. The minimum absolute atomic E-state index is 0.182. The fourth-order valence-electron chi connectivity index (χ4n) is 3.58. The number of nitrogens with zero attached hydrogens (tertiary/aromatic N) is 1. The Bertz CT molecular complexity index is 440. The van der Waals surface area contributed by atoms with Crippen LogP contribution in [0.4, 0.5) is 4.39 Å². The van der Waals surface area contributed by atoms with Crippen LogP contribution in [0.2, 0.25) is 5.02 Å². The number of halogens is 2. The molecule has 0 amide bonds. The second-order valence-corrected chi connectivity index (χ2v) is 6.45. The molecule has 0 radical (unpaired) electrons. The molecule has 0 aliphatic carbocycles. The maximum absolute atomic E-state index is 13.9. The first-order valence-corrected chi connectivity index (χ1v) is 8.00. The molecule has 1 aromatic rings. The molecule has 2 saturated heterocycles. The summed E-state index contributed by atoms with van der Waals surface area (Å²) >= 11 is 6.13. The largest absolute Gasteiger partial charge is 0.314 e. The Labute approximate surface area is 125 Å². The molecule has 2 fully saturated rings. The molecule has 2 heterocycles. The first-order valence-electron chi connectivity index (χ1n) is 7.62. The van der Waals surface area contributed by atoms with Gasteiger partial charge in [-0.3, -0.25) is 4.90 Å². The quantitative estimate of drug-likeness (QED) is 0.919. The van der Waals surface area contributed by atoms with E-state index in [1.165, 1.54) is 31.7 Å². The second-order valence-electron chi connectivity index (χ2n) is 6.04. The van der Waals surface area contributed by atoms with E-state index in [-0.39, 0.29) is 5.82 Å². The Hall–Kier alpha value is -0.640. The molecule has 4 heteroatoms. The van der Waals surface area contributed by atoms with E-state index >= 15 is 0 Å². The van der Waals surface area contributed by atoms with Crippen LogP contribution in [0, 0.1) is 11.7 Å². The number of rotatable bonds is 3. The maximum atomic E-state index is 13.9. The van der Waals surface area contributed by atoms with Crippen molar-refractivity contribution in [1.82, 2.24) is 10.2 Å². The van der Waals surface area contributed by atoms with Gasteiger partial charge in [0.05, 0.1) is 0 Å². The molecule has 0 aromatic heterocycles. The lowest BCUT2D eigenvalue weighted by atomic mass is 9.89. The van der Waals surface area contributed by atoms with Crippen molar-refractivity contribution >= 4 is 11.6 Å². The van der Waals surface area contributed by atoms with Crippen LogP contribution in [-0.2, 0) is 6.54 Å². The molecule has 0 spiro atoms. The molecule has 0 saturated carbocycles. The SMILES string of the molecule is Fc1cccc(Cl)c1CN1CCCC(C2CCCN2)C1. The average molecular weight is 297 g/mol. The zero-order valence-electron chi connectivity index (χ0n) is 11.7. The smallest absolute Gasteiger partial charge is 0.129 e. The third-order valence-corrected chi connectivity index (χ3v) is 5.01. The number of hydrogen-bond donors (Lipinski definition) is 1. The summed E-state index contributed by atoms with van der Waals surface area (Å²) < 4.78 is 13.9. The standard InChI is InChI=1S/C16H22ClFN2/c17-14-5-1-6-15(18)13(14)11-20-9-3-4-12(10-20)16-7-2-8-19-16/h1,5-6,12,16,19H,2-4,7-11H2. The Morgan fingerprint density at radius 2 is 2.20 bits per heavy atom. The van der Waals surface area contributed by atoms with Crippen LogP contribution in [0.15, 0.2) is 18.2 Å². The van der Waals surface area contributed by atoms with Crippen molar-refractivity contribution in [3.05, 3.63) is 34.6 Å². The predicted octanol–water partition coefficient (Wildman–Crippen LogP) is 3.44. The van der Waals surface area contributed by atoms with E-state index in [2.05, 4.69) is 10.2 Å². The van der Waals surface area contributed by atoms with E-state index in [0.29, 0.717) is 29.1 Å². The van der Waals surface area contributed by atoms with Crippen LogP contribution >= 0.6 is 11.6 Å². The van der Waals surface area contributed by atoms with Gasteiger partial charge in [-0.15, -0.1) is 0 Å². The highest BCUT2D eigenvalue weighted by Crippen LogP contribution is 2.27. The van der Waals surface area contributed by atoms with Crippen molar-refractivity contribution in [2.75, 3.05) is 19.6 Å². The summed E-state index contributed by atoms with van der Waals surface area (Å²) in [6.07, 6.45) is 5.08. The Balaban J connectivity index is 1.65. The molecule has 1 N–H and O–H groups in total. The van der Waals surface area contributed by atoms with Crippen LogP contribution in [-0.4, -0.2) is 30.6 Å². The van der Waals surface area contributed by atoms with Gasteiger partial charge in [0, 0.05) is 29.7 Å². The number of benzene rings is 1. The van der Waals surface area contributed by atoms with Gasteiger partial charge in [0.15, 0.2) is 0 Å². The van der Waals surface area contributed by atoms with E-state index in [9.17, 15) is 4.39 Å². The zero-order valence-corrected chi connectivity index (χ0v) is 12.5. The van der Waals surface area contributed by atoms with Crippen molar-refractivity contribution < 1.29 is 4.39 Å². The van der Waals surface area contributed by atoms with Gasteiger partial charge in [0.25, 0.3) is 0 Å². The fourth-order valence-corrected chi connectivity index (χ4v) is 3.81. The molecule has 2 nitrogen and oxygen atoms in total. The Kier molecular flexibility index (Phi) is 4.59. The van der Waals surface area contributed by atoms with Gasteiger partial charge >= 0.3 is 0 Å². The summed E-state index contributed by atoms with van der Waals surface area (Å²) in [7, 11) is 0. The molecule has 110 valence electrons. The van der Waals surface area contributed by atoms with Gasteiger partial charge in [0.2, 0.25) is 0 Å². The summed E-state index contributed by atoms with van der Waals surface area (Å²) in [5, 5.41) is 4.15. The minimum Gasteiger partial charge on any atom is -0.314 e. The van der Waals surface area contributed by atoms with Crippen LogP contribution in [0.1, 0.15) is 31.2 Å². The number of piperidine rings is 1. The molecular formula is C16H22ClFN2. The summed E-state index contributed by atoms with van der Waals surface area (Å²) in [5.41, 5.74) is 0.647. The van der Waals surface area contributed by atoms with Crippen molar-refractivity contribution in [2.45, 2.75) is 38.3 Å². The van der Waals surface area contributed by atoms with Gasteiger partial charge in [-0.25, -0.2) is 4.39 Å². The normalized spacial score (nSPS) is 27.9. The monoisotopic (exact) mass is 296 g/mol. The van der Waals surface area contributed by atoms with Crippen molar-refractivity contribution in [3.63, 3.8) is 0 Å². The van der Waals surface area contributed by atoms with Gasteiger partial charge in [0.1, 0.15) is 5.82 Å². The first-order chi connectivity index (χ1) is 9.74. The molecule has 2 unspecified atom stereocenters. The van der Waals surface area contributed by atoms with E-state index in [1.54, 1.807) is 12.1 Å². The first kappa shape index (κ1) is 14.3. The van der Waals surface area contributed by atoms with E-state index < -0.39 is 0 Å². The van der Waals surface area contributed by atoms with Gasteiger partial charge < -0.3 is 5.32 Å². The van der Waals surface area contributed by atoms with Crippen molar-refractivity contribution in [1.29, 1.82) is 0 Å². The zero-order chi connectivity index (χ0) is 13.9. The highest BCUT2D eigenvalue weighted by molar-refractivity contribution is 6.31. The molecular weight excluding hydrogens is 275 g/mol. The highest BCUT2D eigenvalue weighted by atomic mass is 35.5. The van der Waals surface area contributed by atoms with Gasteiger partial charge in [-0.05, 0) is 56.8 Å². The fraction of sp³-hybridized carbons (Fsp3) is 0.625. The topological polar surface area (TPSA) is 15.3 Å². The number of nitrogens with one attached hydrogen (secondary N) is 1. The van der Waals surface area contributed by atoms with Crippen LogP contribution in [0.25, 0.3) is 0 Å². The molecule has 20 heavy (non-hydrogen) atoms.